The van der Waals surface area contributed by atoms with E-state index in [-0.39, 0.29) is 4.90 Å². The Hall–Kier alpha value is -1.77. The van der Waals surface area contributed by atoms with Crippen LogP contribution in [0.15, 0.2) is 45.8 Å². The predicted molar refractivity (Wildman–Crippen MR) is 109 cm³/mol. The van der Waals surface area contributed by atoms with E-state index in [2.05, 4.69) is 45.1 Å². The molecule has 1 fully saturated rings. The summed E-state index contributed by atoms with van der Waals surface area (Å²) >= 11 is 3.36. The van der Waals surface area contributed by atoms with Gasteiger partial charge in [-0.1, -0.05) is 17.7 Å². The van der Waals surface area contributed by atoms with Crippen LogP contribution in [0.2, 0.25) is 0 Å². The molecule has 0 aromatic heterocycles. The minimum atomic E-state index is -3.69. The van der Waals surface area contributed by atoms with Crippen molar-refractivity contribution in [1.82, 2.24) is 4.31 Å². The van der Waals surface area contributed by atoms with Gasteiger partial charge in [0.15, 0.2) is 0 Å². The smallest absolute Gasteiger partial charge is 0.247 e. The van der Waals surface area contributed by atoms with Gasteiger partial charge < -0.3 is 14.4 Å². The second-order valence-corrected chi connectivity index (χ2v) is 9.12. The van der Waals surface area contributed by atoms with Gasteiger partial charge in [-0.15, -0.1) is 0 Å². The molecule has 1 aliphatic heterocycles. The topological polar surface area (TPSA) is 59.1 Å². The van der Waals surface area contributed by atoms with Gasteiger partial charge in [0.05, 0.1) is 18.7 Å². The van der Waals surface area contributed by atoms with Gasteiger partial charge >= 0.3 is 0 Å². The number of ether oxygens (including phenoxy) is 2. The Morgan fingerprint density at radius 1 is 0.926 bits per heavy atom. The average molecular weight is 455 g/mol. The maximum Gasteiger partial charge on any atom is 0.247 e. The van der Waals surface area contributed by atoms with E-state index in [1.807, 2.05) is 6.92 Å². The van der Waals surface area contributed by atoms with E-state index in [1.54, 1.807) is 6.07 Å². The minimum absolute atomic E-state index is 0.119. The van der Waals surface area contributed by atoms with E-state index < -0.39 is 10.0 Å². The molecule has 0 saturated carbocycles. The first kappa shape index (κ1) is 20.0. The molecule has 2 aromatic rings. The first-order valence-electron chi connectivity index (χ1n) is 8.60. The van der Waals surface area contributed by atoms with Crippen LogP contribution in [-0.4, -0.2) is 53.1 Å². The van der Waals surface area contributed by atoms with Gasteiger partial charge in [-0.25, -0.2) is 8.42 Å². The van der Waals surface area contributed by atoms with E-state index in [4.69, 9.17) is 9.47 Å². The number of halogens is 1. The van der Waals surface area contributed by atoms with E-state index in [0.717, 1.165) is 5.69 Å². The molecule has 0 bridgehead atoms. The molecule has 0 N–H and O–H groups in total. The van der Waals surface area contributed by atoms with Crippen molar-refractivity contribution in [3.05, 3.63) is 46.4 Å². The highest BCUT2D eigenvalue weighted by atomic mass is 79.9. The normalized spacial score (nSPS) is 15.6. The fourth-order valence-electron chi connectivity index (χ4n) is 3.12. The average Bonchev–Trinajstić information content (AvgIpc) is 2.68. The lowest BCUT2D eigenvalue weighted by Crippen LogP contribution is -2.48. The molecule has 2 aromatic carbocycles. The van der Waals surface area contributed by atoms with Crippen LogP contribution >= 0.6 is 15.9 Å². The highest BCUT2D eigenvalue weighted by Gasteiger charge is 2.32. The number of hydrogen-bond acceptors (Lipinski definition) is 5. The summed E-state index contributed by atoms with van der Waals surface area (Å²) in [6.45, 7) is 4.15. The Balaban J connectivity index is 1.82. The standard InChI is InChI=1S/C19H23BrN2O4S/c1-14-4-6-15(7-5-14)21-8-10-22(11-9-21)27(23,24)19-13-17(25-2)16(20)12-18(19)26-3/h4-7,12-13H,8-11H2,1-3H3. The minimum Gasteiger partial charge on any atom is -0.496 e. The SMILES string of the molecule is COc1cc(S(=O)(=O)N2CCN(c3ccc(C)cc3)CC2)c(OC)cc1Br. The van der Waals surface area contributed by atoms with Gasteiger partial charge in [-0.05, 0) is 41.1 Å². The zero-order valence-corrected chi connectivity index (χ0v) is 18.0. The Labute approximate surface area is 168 Å². The molecule has 0 spiro atoms. The first-order valence-corrected chi connectivity index (χ1v) is 10.8. The number of nitrogens with zero attached hydrogens (tertiary/aromatic N) is 2. The highest BCUT2D eigenvalue weighted by molar-refractivity contribution is 9.10. The van der Waals surface area contributed by atoms with Crippen LogP contribution in [0.25, 0.3) is 0 Å². The van der Waals surface area contributed by atoms with Crippen LogP contribution in [0.4, 0.5) is 5.69 Å². The van der Waals surface area contributed by atoms with Gasteiger partial charge in [-0.3, -0.25) is 0 Å². The van der Waals surface area contributed by atoms with Crippen molar-refractivity contribution in [1.29, 1.82) is 0 Å². The third-order valence-corrected chi connectivity index (χ3v) is 7.23. The Bertz CT molecular complexity index is 908. The molecule has 3 rings (SSSR count). The molecular weight excluding hydrogens is 432 g/mol. The van der Waals surface area contributed by atoms with E-state index in [9.17, 15) is 8.42 Å². The molecule has 0 aliphatic carbocycles. The second kappa shape index (κ2) is 8.08. The number of rotatable bonds is 5. The second-order valence-electron chi connectivity index (χ2n) is 6.36. The summed E-state index contributed by atoms with van der Waals surface area (Å²) in [5.74, 6) is 0.747. The van der Waals surface area contributed by atoms with Crippen molar-refractivity contribution in [2.75, 3.05) is 45.3 Å². The third-order valence-electron chi connectivity index (χ3n) is 4.69. The van der Waals surface area contributed by atoms with Crippen molar-refractivity contribution in [2.45, 2.75) is 11.8 Å². The first-order chi connectivity index (χ1) is 12.9. The lowest BCUT2D eigenvalue weighted by atomic mass is 10.2. The van der Waals surface area contributed by atoms with E-state index in [0.29, 0.717) is 42.2 Å². The van der Waals surface area contributed by atoms with Crippen LogP contribution in [-0.2, 0) is 10.0 Å². The predicted octanol–water partition coefficient (Wildman–Crippen LogP) is 3.29. The Kier molecular flexibility index (Phi) is 5.98. The lowest BCUT2D eigenvalue weighted by Gasteiger charge is -2.35. The number of anilines is 1. The monoisotopic (exact) mass is 454 g/mol. The van der Waals surface area contributed by atoms with Crippen LogP contribution in [0.5, 0.6) is 11.5 Å². The molecule has 27 heavy (non-hydrogen) atoms. The van der Waals surface area contributed by atoms with Gasteiger partial charge in [0, 0.05) is 37.9 Å². The number of benzene rings is 2. The summed E-state index contributed by atoms with van der Waals surface area (Å²) in [5, 5.41) is 0. The zero-order valence-electron chi connectivity index (χ0n) is 15.6. The van der Waals surface area contributed by atoms with Crippen molar-refractivity contribution in [2.24, 2.45) is 0 Å². The van der Waals surface area contributed by atoms with Crippen LogP contribution in [0.1, 0.15) is 5.56 Å². The molecule has 1 saturated heterocycles. The molecule has 1 aliphatic rings. The maximum absolute atomic E-state index is 13.2. The van der Waals surface area contributed by atoms with Crippen molar-refractivity contribution >= 4 is 31.6 Å². The summed E-state index contributed by atoms with van der Waals surface area (Å²) in [4.78, 5) is 2.32. The largest absolute Gasteiger partial charge is 0.496 e. The molecule has 146 valence electrons. The van der Waals surface area contributed by atoms with Gasteiger partial charge in [0.2, 0.25) is 10.0 Å². The van der Waals surface area contributed by atoms with E-state index >= 15 is 0 Å². The molecule has 0 unspecified atom stereocenters. The molecular formula is C19H23BrN2O4S. The summed E-state index contributed by atoms with van der Waals surface area (Å²) in [6.07, 6.45) is 0. The van der Waals surface area contributed by atoms with Crippen molar-refractivity contribution < 1.29 is 17.9 Å². The molecule has 0 amide bonds. The highest BCUT2D eigenvalue weighted by Crippen LogP contribution is 2.37. The number of aryl methyl sites for hydroxylation is 1. The summed E-state index contributed by atoms with van der Waals surface area (Å²) in [6, 6.07) is 11.4. The summed E-state index contributed by atoms with van der Waals surface area (Å²) in [5.41, 5.74) is 2.32. The van der Waals surface area contributed by atoms with Crippen LogP contribution < -0.4 is 14.4 Å². The molecule has 0 radical (unpaired) electrons. The third kappa shape index (κ3) is 4.07. The van der Waals surface area contributed by atoms with Gasteiger partial charge in [0.25, 0.3) is 0 Å². The molecule has 1 heterocycles. The van der Waals surface area contributed by atoms with E-state index in [1.165, 1.54) is 30.2 Å². The molecule has 8 heteroatoms. The summed E-state index contributed by atoms with van der Waals surface area (Å²) in [7, 11) is -0.721. The quantitative estimate of drug-likeness (QED) is 0.693. The van der Waals surface area contributed by atoms with Crippen molar-refractivity contribution in [3.8, 4) is 11.5 Å². The maximum atomic E-state index is 13.2. The number of hydrogen-bond donors (Lipinski definition) is 0. The molecule has 6 nitrogen and oxygen atoms in total. The summed E-state index contributed by atoms with van der Waals surface area (Å²) < 4.78 is 39.1. The lowest BCUT2D eigenvalue weighted by molar-refractivity contribution is 0.370. The van der Waals surface area contributed by atoms with Crippen LogP contribution in [0, 0.1) is 6.92 Å². The Morgan fingerprint density at radius 3 is 2.07 bits per heavy atom. The van der Waals surface area contributed by atoms with Crippen LogP contribution in [0.3, 0.4) is 0 Å². The molecule has 0 atom stereocenters. The number of methoxy groups -OCH3 is 2. The number of piperazine rings is 1. The Morgan fingerprint density at radius 2 is 1.52 bits per heavy atom. The van der Waals surface area contributed by atoms with Gasteiger partial charge in [0.1, 0.15) is 16.4 Å². The fourth-order valence-corrected chi connectivity index (χ4v) is 5.17. The fraction of sp³-hybridized carbons (Fsp3) is 0.368. The van der Waals surface area contributed by atoms with Crippen molar-refractivity contribution in [3.63, 3.8) is 0 Å². The van der Waals surface area contributed by atoms with Gasteiger partial charge in [-0.2, -0.15) is 4.31 Å². The zero-order chi connectivity index (χ0) is 19.6. The number of sulfonamides is 1.